The van der Waals surface area contributed by atoms with E-state index in [-0.39, 0.29) is 42.3 Å². The van der Waals surface area contributed by atoms with E-state index in [1.54, 1.807) is 0 Å². The molecule has 29 heavy (non-hydrogen) atoms. The van der Waals surface area contributed by atoms with E-state index in [1.807, 2.05) is 6.92 Å². The lowest BCUT2D eigenvalue weighted by Gasteiger charge is -2.40. The molecule has 0 spiro atoms. The van der Waals surface area contributed by atoms with Gasteiger partial charge in [0.1, 0.15) is 0 Å². The SMILES string of the molecule is CC1CC(Cl)CCC1OC1CCC(C(F)(F)F)CC1C(=O)Nc1cc[nH]c(=O)c1. The number of hydrogen-bond acceptors (Lipinski definition) is 3. The third-order valence-corrected chi connectivity index (χ3v) is 6.40. The number of pyridine rings is 1. The van der Waals surface area contributed by atoms with Gasteiger partial charge in [0.05, 0.1) is 24.0 Å². The maximum Gasteiger partial charge on any atom is 0.391 e. The average molecular weight is 435 g/mol. The minimum atomic E-state index is -4.35. The molecule has 2 aliphatic rings. The fraction of sp³-hybridized carbons (Fsp3) is 0.700. The molecular weight excluding hydrogens is 409 g/mol. The van der Waals surface area contributed by atoms with Crippen LogP contribution in [0.5, 0.6) is 0 Å². The molecule has 5 nitrogen and oxygen atoms in total. The summed E-state index contributed by atoms with van der Waals surface area (Å²) in [4.78, 5) is 26.7. The van der Waals surface area contributed by atoms with Crippen LogP contribution in [0.4, 0.5) is 18.9 Å². The van der Waals surface area contributed by atoms with Crippen LogP contribution < -0.4 is 10.9 Å². The molecule has 1 amide bonds. The van der Waals surface area contributed by atoms with E-state index < -0.39 is 35.6 Å². The van der Waals surface area contributed by atoms with Crippen molar-refractivity contribution in [1.82, 2.24) is 4.98 Å². The zero-order valence-electron chi connectivity index (χ0n) is 16.2. The van der Waals surface area contributed by atoms with Crippen molar-refractivity contribution in [2.24, 2.45) is 17.8 Å². The van der Waals surface area contributed by atoms with Gasteiger partial charge in [-0.3, -0.25) is 9.59 Å². The van der Waals surface area contributed by atoms with Gasteiger partial charge in [-0.05, 0) is 50.5 Å². The number of rotatable bonds is 4. The van der Waals surface area contributed by atoms with Crippen molar-refractivity contribution >= 4 is 23.2 Å². The van der Waals surface area contributed by atoms with Crippen LogP contribution in [0.25, 0.3) is 0 Å². The van der Waals surface area contributed by atoms with Gasteiger partial charge in [0, 0.05) is 23.3 Å². The van der Waals surface area contributed by atoms with Gasteiger partial charge >= 0.3 is 6.18 Å². The number of anilines is 1. The second kappa shape index (κ2) is 9.08. The first-order valence-electron chi connectivity index (χ1n) is 9.99. The molecule has 2 saturated carbocycles. The zero-order valence-corrected chi connectivity index (χ0v) is 16.9. The number of carbonyl (C=O) groups is 1. The van der Waals surface area contributed by atoms with Gasteiger partial charge in [0.15, 0.2) is 0 Å². The Morgan fingerprint density at radius 1 is 1.21 bits per heavy atom. The minimum absolute atomic E-state index is 0.0534. The molecule has 9 heteroatoms. The molecule has 162 valence electrons. The van der Waals surface area contributed by atoms with Crippen LogP contribution >= 0.6 is 11.6 Å². The summed E-state index contributed by atoms with van der Waals surface area (Å²) in [6.45, 7) is 2.02. The Morgan fingerprint density at radius 2 is 1.93 bits per heavy atom. The Balaban J connectivity index is 1.74. The smallest absolute Gasteiger partial charge is 0.374 e. The molecule has 2 N–H and O–H groups in total. The second-order valence-electron chi connectivity index (χ2n) is 8.19. The zero-order chi connectivity index (χ0) is 21.2. The lowest BCUT2D eigenvalue weighted by atomic mass is 9.78. The van der Waals surface area contributed by atoms with Crippen molar-refractivity contribution in [3.8, 4) is 0 Å². The molecule has 1 heterocycles. The van der Waals surface area contributed by atoms with Crippen molar-refractivity contribution in [2.75, 3.05) is 5.32 Å². The molecule has 0 saturated heterocycles. The fourth-order valence-electron chi connectivity index (χ4n) is 4.37. The third kappa shape index (κ3) is 5.75. The normalized spacial score (nSPS) is 33.3. The minimum Gasteiger partial charge on any atom is -0.374 e. The van der Waals surface area contributed by atoms with Crippen LogP contribution in [-0.2, 0) is 9.53 Å². The van der Waals surface area contributed by atoms with E-state index in [9.17, 15) is 22.8 Å². The number of carbonyl (C=O) groups excluding carboxylic acids is 1. The Kier molecular flexibility index (Phi) is 6.94. The Labute approximate surface area is 172 Å². The van der Waals surface area contributed by atoms with Gasteiger partial charge in [-0.1, -0.05) is 6.92 Å². The predicted octanol–water partition coefficient (Wildman–Crippen LogP) is 4.47. The Hall–Kier alpha value is -1.54. The molecule has 1 aromatic heterocycles. The van der Waals surface area contributed by atoms with Crippen LogP contribution in [0.3, 0.4) is 0 Å². The molecule has 1 aromatic rings. The highest BCUT2D eigenvalue weighted by molar-refractivity contribution is 6.20. The molecule has 6 atom stereocenters. The summed E-state index contributed by atoms with van der Waals surface area (Å²) in [7, 11) is 0. The molecule has 0 aromatic carbocycles. The van der Waals surface area contributed by atoms with Crippen molar-refractivity contribution < 1.29 is 22.7 Å². The number of halogens is 4. The molecular formula is C20H26ClF3N2O3. The highest BCUT2D eigenvalue weighted by Crippen LogP contribution is 2.43. The van der Waals surface area contributed by atoms with Gasteiger partial charge in [-0.15, -0.1) is 11.6 Å². The summed E-state index contributed by atoms with van der Waals surface area (Å²) < 4.78 is 46.1. The van der Waals surface area contributed by atoms with Crippen LogP contribution in [0, 0.1) is 17.8 Å². The number of nitrogens with one attached hydrogen (secondary N) is 2. The number of ether oxygens (including phenoxy) is 1. The van der Waals surface area contributed by atoms with Crippen molar-refractivity contribution in [3.05, 3.63) is 28.7 Å². The number of aromatic nitrogens is 1. The number of hydrogen-bond donors (Lipinski definition) is 2. The lowest BCUT2D eigenvalue weighted by Crippen LogP contribution is -2.45. The quantitative estimate of drug-likeness (QED) is 0.687. The maximum absolute atomic E-state index is 13.3. The summed E-state index contributed by atoms with van der Waals surface area (Å²) in [6.07, 6.45) is -1.57. The summed E-state index contributed by atoms with van der Waals surface area (Å²) in [5.41, 5.74) is -0.151. The van der Waals surface area contributed by atoms with Crippen LogP contribution in [-0.4, -0.2) is 34.7 Å². The van der Waals surface area contributed by atoms with Crippen LogP contribution in [0.2, 0.25) is 0 Å². The van der Waals surface area contributed by atoms with Gasteiger partial charge in [0.2, 0.25) is 11.5 Å². The van der Waals surface area contributed by atoms with Crippen LogP contribution in [0.15, 0.2) is 23.1 Å². The van der Waals surface area contributed by atoms with Gasteiger partial charge in [0.25, 0.3) is 0 Å². The maximum atomic E-state index is 13.3. The molecule has 0 bridgehead atoms. The summed E-state index contributed by atoms with van der Waals surface area (Å²) in [5.74, 6) is -2.83. The number of alkyl halides is 4. The fourth-order valence-corrected chi connectivity index (χ4v) is 4.77. The first-order chi connectivity index (χ1) is 13.6. The number of amides is 1. The van der Waals surface area contributed by atoms with E-state index in [4.69, 9.17) is 16.3 Å². The molecule has 2 aliphatic carbocycles. The van der Waals surface area contributed by atoms with Crippen LogP contribution in [0.1, 0.15) is 45.4 Å². The largest absolute Gasteiger partial charge is 0.391 e. The predicted molar refractivity (Wildman–Crippen MR) is 104 cm³/mol. The van der Waals surface area contributed by atoms with Gasteiger partial charge in [-0.2, -0.15) is 13.2 Å². The van der Waals surface area contributed by atoms with E-state index in [2.05, 4.69) is 10.3 Å². The molecule has 0 radical (unpaired) electrons. The highest BCUT2D eigenvalue weighted by Gasteiger charge is 2.48. The molecule has 0 aliphatic heterocycles. The summed E-state index contributed by atoms with van der Waals surface area (Å²) >= 11 is 6.20. The van der Waals surface area contributed by atoms with Crippen molar-refractivity contribution in [1.29, 1.82) is 0 Å². The van der Waals surface area contributed by atoms with E-state index in [0.29, 0.717) is 0 Å². The second-order valence-corrected chi connectivity index (χ2v) is 8.81. The standard InChI is InChI=1S/C20H26ClF3N2O3/c1-11-8-13(21)3-5-16(11)29-17-4-2-12(20(22,23)24)9-15(17)19(28)26-14-6-7-25-18(27)10-14/h6-7,10-13,15-17H,2-5,8-9H2,1H3,(H2,25,26,27,28). The lowest BCUT2D eigenvalue weighted by molar-refractivity contribution is -0.199. The van der Waals surface area contributed by atoms with Crippen molar-refractivity contribution in [3.63, 3.8) is 0 Å². The first-order valence-corrected chi connectivity index (χ1v) is 10.4. The highest BCUT2D eigenvalue weighted by atomic mass is 35.5. The van der Waals surface area contributed by atoms with Gasteiger partial charge in [-0.25, -0.2) is 0 Å². The van der Waals surface area contributed by atoms with E-state index >= 15 is 0 Å². The van der Waals surface area contributed by atoms with E-state index in [0.717, 1.165) is 19.3 Å². The summed E-state index contributed by atoms with van der Waals surface area (Å²) in [6, 6.07) is 2.69. The molecule has 3 rings (SSSR count). The summed E-state index contributed by atoms with van der Waals surface area (Å²) in [5, 5.41) is 2.67. The average Bonchev–Trinajstić information content (AvgIpc) is 2.63. The Bertz CT molecular complexity index is 770. The third-order valence-electron chi connectivity index (χ3n) is 6.01. The Morgan fingerprint density at radius 3 is 2.59 bits per heavy atom. The number of aromatic amines is 1. The molecule has 2 fully saturated rings. The van der Waals surface area contributed by atoms with E-state index in [1.165, 1.54) is 18.3 Å². The number of H-pyrrole nitrogens is 1. The topological polar surface area (TPSA) is 71.2 Å². The first kappa shape index (κ1) is 22.2. The molecule has 6 unspecified atom stereocenters. The van der Waals surface area contributed by atoms with Crippen molar-refractivity contribution in [2.45, 2.75) is 69.2 Å². The monoisotopic (exact) mass is 434 g/mol. The van der Waals surface area contributed by atoms with Gasteiger partial charge < -0.3 is 15.0 Å².